The van der Waals surface area contributed by atoms with Gasteiger partial charge in [-0.05, 0) is 76.5 Å². The number of thiocarbonyl (C=S) groups is 1. The molecule has 2 aromatic rings. The molecule has 0 saturated carbocycles. The molecule has 1 aliphatic heterocycles. The molecule has 2 amide bonds. The van der Waals surface area contributed by atoms with Crippen LogP contribution in [0.25, 0.3) is 6.08 Å². The van der Waals surface area contributed by atoms with E-state index in [2.05, 4.69) is 21.4 Å². The van der Waals surface area contributed by atoms with Gasteiger partial charge in [-0.25, -0.2) is 0 Å². The van der Waals surface area contributed by atoms with E-state index in [4.69, 9.17) is 28.6 Å². The number of amides is 2. The molecule has 0 aromatic heterocycles. The van der Waals surface area contributed by atoms with Crippen molar-refractivity contribution in [2.75, 3.05) is 7.11 Å². The number of halogens is 2. The second-order valence-electron chi connectivity index (χ2n) is 5.84. The third-order valence-electron chi connectivity index (χ3n) is 3.85. The molecule has 28 heavy (non-hydrogen) atoms. The number of carbonyl (C=O) groups is 2. The molecule has 0 spiro atoms. The lowest BCUT2D eigenvalue weighted by Gasteiger charge is -2.16. The molecule has 5 nitrogen and oxygen atoms in total. The molecule has 1 saturated heterocycles. The van der Waals surface area contributed by atoms with Crippen LogP contribution < -0.4 is 10.2 Å². The number of ether oxygens (including phenoxy) is 1. The molecule has 0 atom stereocenters. The number of nitrogens with one attached hydrogen (secondary N) is 1. The number of hydrogen-bond acceptors (Lipinski definition) is 5. The maximum atomic E-state index is 12.7. The predicted octanol–water partition coefficient (Wildman–Crippen LogP) is 4.97. The average Bonchev–Trinajstić information content (AvgIpc) is 2.89. The standard InChI is InChI=1S/C19H14BrClN2O3S2/c1-10-3-5-12(14(21)7-10)17(24)22-23-18(25)16(28-19(23)27)9-11-4-6-15(26-2)13(20)8-11/h3-9H,1-2H3,(H,22,24)/b16-9+. The number of methoxy groups -OCH3 is 1. The van der Waals surface area contributed by atoms with Crippen molar-refractivity contribution in [2.24, 2.45) is 0 Å². The van der Waals surface area contributed by atoms with Crippen molar-refractivity contribution in [3.8, 4) is 5.75 Å². The van der Waals surface area contributed by atoms with Crippen LogP contribution in [0.1, 0.15) is 21.5 Å². The largest absolute Gasteiger partial charge is 0.496 e. The Morgan fingerprint density at radius 1 is 1.32 bits per heavy atom. The van der Waals surface area contributed by atoms with E-state index in [-0.39, 0.29) is 9.88 Å². The highest BCUT2D eigenvalue weighted by Crippen LogP contribution is 2.33. The summed E-state index contributed by atoms with van der Waals surface area (Å²) in [5.74, 6) is -0.222. The number of aryl methyl sites for hydroxylation is 1. The summed E-state index contributed by atoms with van der Waals surface area (Å²) in [7, 11) is 1.58. The van der Waals surface area contributed by atoms with Gasteiger partial charge >= 0.3 is 0 Å². The van der Waals surface area contributed by atoms with E-state index in [0.29, 0.717) is 15.7 Å². The Labute approximate surface area is 185 Å². The van der Waals surface area contributed by atoms with Crippen LogP contribution in [-0.4, -0.2) is 28.3 Å². The van der Waals surface area contributed by atoms with Gasteiger partial charge in [0.1, 0.15) is 5.75 Å². The van der Waals surface area contributed by atoms with E-state index in [1.54, 1.807) is 37.5 Å². The van der Waals surface area contributed by atoms with Gasteiger partial charge in [-0.3, -0.25) is 15.0 Å². The van der Waals surface area contributed by atoms with Gasteiger partial charge in [0.2, 0.25) is 0 Å². The summed E-state index contributed by atoms with van der Waals surface area (Å²) in [4.78, 5) is 25.6. The van der Waals surface area contributed by atoms with Crippen LogP contribution >= 0.6 is 51.5 Å². The molecule has 0 aliphatic carbocycles. The van der Waals surface area contributed by atoms with Gasteiger partial charge in [-0.2, -0.15) is 5.01 Å². The van der Waals surface area contributed by atoms with E-state index >= 15 is 0 Å². The Hall–Kier alpha value is -1.87. The Bertz CT molecular complexity index is 1030. The highest BCUT2D eigenvalue weighted by atomic mass is 79.9. The first-order valence-electron chi connectivity index (χ1n) is 7.99. The normalized spacial score (nSPS) is 15.3. The smallest absolute Gasteiger partial charge is 0.285 e. The molecule has 2 aromatic carbocycles. The van der Waals surface area contributed by atoms with Crippen LogP contribution in [0, 0.1) is 6.92 Å². The predicted molar refractivity (Wildman–Crippen MR) is 119 cm³/mol. The number of hydrazine groups is 1. The SMILES string of the molecule is COc1ccc(/C=C2/SC(=S)N(NC(=O)c3ccc(C)cc3Cl)C2=O)cc1Br. The molecule has 1 N–H and O–H groups in total. The number of benzene rings is 2. The molecule has 1 fully saturated rings. The van der Waals surface area contributed by atoms with E-state index in [0.717, 1.165) is 32.4 Å². The van der Waals surface area contributed by atoms with Crippen LogP contribution in [0.5, 0.6) is 5.75 Å². The quantitative estimate of drug-likeness (QED) is 0.478. The summed E-state index contributed by atoms with van der Waals surface area (Å²) < 4.78 is 6.20. The Morgan fingerprint density at radius 2 is 2.07 bits per heavy atom. The maximum absolute atomic E-state index is 12.7. The summed E-state index contributed by atoms with van der Waals surface area (Å²) in [5, 5.41) is 1.37. The first-order valence-corrected chi connectivity index (χ1v) is 10.4. The molecule has 1 aliphatic rings. The zero-order valence-corrected chi connectivity index (χ0v) is 18.8. The topological polar surface area (TPSA) is 58.6 Å². The van der Waals surface area contributed by atoms with E-state index in [1.807, 2.05) is 19.1 Å². The van der Waals surface area contributed by atoms with Gasteiger partial charge in [0.05, 0.1) is 27.1 Å². The monoisotopic (exact) mass is 496 g/mol. The summed E-state index contributed by atoms with van der Waals surface area (Å²) in [6.45, 7) is 1.87. The second kappa shape index (κ2) is 8.65. The minimum Gasteiger partial charge on any atom is -0.496 e. The van der Waals surface area contributed by atoms with Crippen molar-refractivity contribution in [2.45, 2.75) is 6.92 Å². The van der Waals surface area contributed by atoms with Gasteiger partial charge in [0.25, 0.3) is 11.8 Å². The van der Waals surface area contributed by atoms with Crippen LogP contribution in [-0.2, 0) is 4.79 Å². The van der Waals surface area contributed by atoms with Crippen LogP contribution in [0.2, 0.25) is 5.02 Å². The minimum absolute atomic E-state index is 0.236. The number of rotatable bonds is 4. The van der Waals surface area contributed by atoms with E-state index < -0.39 is 11.8 Å². The van der Waals surface area contributed by atoms with Crippen LogP contribution in [0.15, 0.2) is 45.8 Å². The highest BCUT2D eigenvalue weighted by Gasteiger charge is 2.34. The van der Waals surface area contributed by atoms with Gasteiger partial charge < -0.3 is 4.74 Å². The van der Waals surface area contributed by atoms with Crippen LogP contribution in [0.4, 0.5) is 0 Å². The third kappa shape index (κ3) is 4.41. The zero-order chi connectivity index (χ0) is 20.4. The molecule has 0 unspecified atom stereocenters. The van der Waals surface area contributed by atoms with Gasteiger partial charge in [0.15, 0.2) is 4.32 Å². The maximum Gasteiger partial charge on any atom is 0.285 e. The van der Waals surface area contributed by atoms with Crippen molar-refractivity contribution >= 4 is 73.7 Å². The molecule has 0 radical (unpaired) electrons. The van der Waals surface area contributed by atoms with Crippen molar-refractivity contribution in [3.05, 3.63) is 67.5 Å². The highest BCUT2D eigenvalue weighted by molar-refractivity contribution is 9.10. The summed E-state index contributed by atoms with van der Waals surface area (Å²) in [5.41, 5.74) is 4.52. The Balaban J connectivity index is 1.79. The Kier molecular flexibility index (Phi) is 6.44. The number of nitrogens with zero attached hydrogens (tertiary/aromatic N) is 1. The van der Waals surface area contributed by atoms with Crippen molar-refractivity contribution in [1.82, 2.24) is 10.4 Å². The number of carbonyl (C=O) groups excluding carboxylic acids is 2. The van der Waals surface area contributed by atoms with E-state index in [1.165, 1.54) is 0 Å². The second-order valence-corrected chi connectivity index (χ2v) is 8.77. The lowest BCUT2D eigenvalue weighted by molar-refractivity contribution is -0.123. The molecule has 1 heterocycles. The number of thioether (sulfide) groups is 1. The van der Waals surface area contributed by atoms with E-state index in [9.17, 15) is 9.59 Å². The van der Waals surface area contributed by atoms with Crippen LogP contribution in [0.3, 0.4) is 0 Å². The van der Waals surface area contributed by atoms with Gasteiger partial charge in [-0.1, -0.05) is 35.5 Å². The fourth-order valence-corrected chi connectivity index (χ4v) is 4.51. The molecule has 144 valence electrons. The fraction of sp³-hybridized carbons (Fsp3) is 0.105. The molecule has 9 heteroatoms. The minimum atomic E-state index is -0.505. The van der Waals surface area contributed by atoms with Gasteiger partial charge in [-0.15, -0.1) is 0 Å². The summed E-state index contributed by atoms with van der Waals surface area (Å²) in [6.07, 6.45) is 1.70. The molecule has 3 rings (SSSR count). The average molecular weight is 498 g/mol. The van der Waals surface area contributed by atoms with Crippen molar-refractivity contribution in [1.29, 1.82) is 0 Å². The third-order valence-corrected chi connectivity index (χ3v) is 6.08. The van der Waals surface area contributed by atoms with Gasteiger partial charge in [0, 0.05) is 0 Å². The first kappa shape index (κ1) is 20.9. The van der Waals surface area contributed by atoms with Crippen molar-refractivity contribution in [3.63, 3.8) is 0 Å². The molecule has 0 bridgehead atoms. The lowest BCUT2D eigenvalue weighted by atomic mass is 10.1. The summed E-state index contributed by atoms with van der Waals surface area (Å²) in [6, 6.07) is 10.5. The zero-order valence-electron chi connectivity index (χ0n) is 14.8. The molecular weight excluding hydrogens is 484 g/mol. The lowest BCUT2D eigenvalue weighted by Crippen LogP contribution is -2.44. The first-order chi connectivity index (χ1) is 13.3. The van der Waals surface area contributed by atoms with Crippen molar-refractivity contribution < 1.29 is 14.3 Å². The molecular formula is C19H14BrClN2O3S2. The number of hydrogen-bond donors (Lipinski definition) is 1. The summed E-state index contributed by atoms with van der Waals surface area (Å²) >= 11 is 15.9. The Morgan fingerprint density at radius 3 is 2.71 bits per heavy atom. The fourth-order valence-electron chi connectivity index (χ4n) is 2.45.